The van der Waals surface area contributed by atoms with Gasteiger partial charge in [-0.3, -0.25) is 4.98 Å². The summed E-state index contributed by atoms with van der Waals surface area (Å²) in [5.41, 5.74) is 1.86. The molecule has 0 atom stereocenters. The van der Waals surface area contributed by atoms with Gasteiger partial charge in [0.1, 0.15) is 11.6 Å². The summed E-state index contributed by atoms with van der Waals surface area (Å²) in [4.78, 5) is 21.1. The zero-order valence-electron chi connectivity index (χ0n) is 15.5. The van der Waals surface area contributed by atoms with Crippen molar-refractivity contribution in [2.45, 2.75) is 20.1 Å². The van der Waals surface area contributed by atoms with Gasteiger partial charge < -0.3 is 14.0 Å². The summed E-state index contributed by atoms with van der Waals surface area (Å²) in [6.45, 7) is 1.68. The van der Waals surface area contributed by atoms with E-state index in [2.05, 4.69) is 15.1 Å². The van der Waals surface area contributed by atoms with Gasteiger partial charge in [-0.2, -0.15) is 4.98 Å². The van der Waals surface area contributed by atoms with E-state index in [0.29, 0.717) is 22.4 Å². The molecular formula is C21H16FN3O4. The molecule has 0 saturated carbocycles. The molecule has 0 bridgehead atoms. The van der Waals surface area contributed by atoms with Crippen LogP contribution in [-0.2, 0) is 18.0 Å². The van der Waals surface area contributed by atoms with Crippen molar-refractivity contribution < 1.29 is 23.2 Å². The lowest BCUT2D eigenvalue weighted by atomic mass is 10.1. The first-order valence-corrected chi connectivity index (χ1v) is 8.82. The Morgan fingerprint density at radius 2 is 1.86 bits per heavy atom. The Balaban J connectivity index is 1.38. The number of esters is 1. The minimum atomic E-state index is -0.506. The lowest BCUT2D eigenvalue weighted by Gasteiger charge is -2.07. The number of rotatable bonds is 6. The number of ether oxygens (including phenoxy) is 2. The largest absolute Gasteiger partial charge is 0.485 e. The van der Waals surface area contributed by atoms with Gasteiger partial charge in [0, 0.05) is 11.1 Å². The Morgan fingerprint density at radius 1 is 1.07 bits per heavy atom. The van der Waals surface area contributed by atoms with E-state index in [-0.39, 0.29) is 30.7 Å². The summed E-state index contributed by atoms with van der Waals surface area (Å²) in [5, 5.41) is 4.49. The third-order valence-corrected chi connectivity index (χ3v) is 4.08. The highest BCUT2D eigenvalue weighted by Crippen LogP contribution is 2.19. The fourth-order valence-corrected chi connectivity index (χ4v) is 2.77. The standard InChI is InChI=1S/C21H16FN3O4/c1-13-10-17(16-4-2-3-5-18(16)23-13)21(26)28-12-20-24-19(25-29-20)11-27-15-8-6-14(22)7-9-15/h2-10H,11-12H2,1H3. The van der Waals surface area contributed by atoms with Crippen molar-refractivity contribution in [1.29, 1.82) is 0 Å². The SMILES string of the molecule is Cc1cc(C(=O)OCc2nc(COc3ccc(F)cc3)no2)c2ccccc2n1. The van der Waals surface area contributed by atoms with Gasteiger partial charge in [0.15, 0.2) is 13.2 Å². The predicted molar refractivity (Wildman–Crippen MR) is 101 cm³/mol. The predicted octanol–water partition coefficient (Wildman–Crippen LogP) is 4.00. The molecule has 2 aromatic heterocycles. The van der Waals surface area contributed by atoms with Gasteiger partial charge in [0.2, 0.25) is 5.82 Å². The molecule has 2 heterocycles. The van der Waals surface area contributed by atoms with Crippen LogP contribution in [-0.4, -0.2) is 21.1 Å². The maximum Gasteiger partial charge on any atom is 0.339 e. The molecule has 0 amide bonds. The van der Waals surface area contributed by atoms with Crippen LogP contribution in [0.5, 0.6) is 5.75 Å². The number of hydrogen-bond donors (Lipinski definition) is 0. The smallest absolute Gasteiger partial charge is 0.339 e. The van der Waals surface area contributed by atoms with Gasteiger partial charge in [-0.15, -0.1) is 0 Å². The summed E-state index contributed by atoms with van der Waals surface area (Å²) in [6.07, 6.45) is 0. The Labute approximate surface area is 165 Å². The number of benzene rings is 2. The Hall–Kier alpha value is -3.81. The first-order chi connectivity index (χ1) is 14.1. The van der Waals surface area contributed by atoms with Crippen molar-refractivity contribution in [2.75, 3.05) is 0 Å². The van der Waals surface area contributed by atoms with Crippen molar-refractivity contribution in [3.8, 4) is 5.75 Å². The molecule has 146 valence electrons. The molecule has 4 aromatic rings. The van der Waals surface area contributed by atoms with Crippen LogP contribution in [0, 0.1) is 12.7 Å². The minimum Gasteiger partial charge on any atom is -0.485 e. The highest BCUT2D eigenvalue weighted by atomic mass is 19.1. The molecule has 0 aliphatic rings. The molecule has 0 radical (unpaired) electrons. The highest BCUT2D eigenvalue weighted by molar-refractivity contribution is 6.03. The Bertz CT molecular complexity index is 1160. The summed E-state index contributed by atoms with van der Waals surface area (Å²) in [5.74, 6) is 0.0491. The number of para-hydroxylation sites is 1. The molecule has 29 heavy (non-hydrogen) atoms. The van der Waals surface area contributed by atoms with E-state index >= 15 is 0 Å². The Kier molecular flexibility index (Phi) is 5.15. The number of carbonyl (C=O) groups is 1. The van der Waals surface area contributed by atoms with Crippen LogP contribution < -0.4 is 4.74 Å². The van der Waals surface area contributed by atoms with Crippen molar-refractivity contribution >= 4 is 16.9 Å². The number of fused-ring (bicyclic) bond motifs is 1. The van der Waals surface area contributed by atoms with Gasteiger partial charge in [0.25, 0.3) is 5.89 Å². The first-order valence-electron chi connectivity index (χ1n) is 8.82. The number of pyridine rings is 1. The quantitative estimate of drug-likeness (QED) is 0.458. The van der Waals surface area contributed by atoms with E-state index in [9.17, 15) is 9.18 Å². The molecule has 0 fully saturated rings. The second-order valence-corrected chi connectivity index (χ2v) is 6.25. The van der Waals surface area contributed by atoms with E-state index in [0.717, 1.165) is 5.52 Å². The number of aryl methyl sites for hydroxylation is 1. The summed E-state index contributed by atoms with van der Waals surface area (Å²) >= 11 is 0. The van der Waals surface area contributed by atoms with Crippen LogP contribution in [0.2, 0.25) is 0 Å². The van der Waals surface area contributed by atoms with Crippen molar-refractivity contribution in [2.24, 2.45) is 0 Å². The van der Waals surface area contributed by atoms with Crippen LogP contribution in [0.4, 0.5) is 4.39 Å². The monoisotopic (exact) mass is 393 g/mol. The lowest BCUT2D eigenvalue weighted by Crippen LogP contribution is -2.07. The van der Waals surface area contributed by atoms with E-state index in [1.165, 1.54) is 24.3 Å². The molecule has 4 rings (SSSR count). The van der Waals surface area contributed by atoms with Crippen molar-refractivity contribution in [1.82, 2.24) is 15.1 Å². The average Bonchev–Trinajstić information content (AvgIpc) is 3.19. The topological polar surface area (TPSA) is 87.3 Å². The lowest BCUT2D eigenvalue weighted by molar-refractivity contribution is 0.0432. The van der Waals surface area contributed by atoms with E-state index in [1.54, 1.807) is 6.07 Å². The maximum absolute atomic E-state index is 12.9. The fraction of sp³-hybridized carbons (Fsp3) is 0.143. The normalized spacial score (nSPS) is 10.8. The van der Waals surface area contributed by atoms with E-state index < -0.39 is 5.97 Å². The van der Waals surface area contributed by atoms with Gasteiger partial charge in [0.05, 0.1) is 11.1 Å². The van der Waals surface area contributed by atoms with Gasteiger partial charge in [-0.05, 0) is 43.3 Å². The molecule has 0 aliphatic carbocycles. The van der Waals surface area contributed by atoms with Crippen LogP contribution in [0.25, 0.3) is 10.9 Å². The van der Waals surface area contributed by atoms with Crippen molar-refractivity contribution in [3.05, 3.63) is 83.4 Å². The van der Waals surface area contributed by atoms with E-state index in [1.807, 2.05) is 31.2 Å². The molecule has 8 heteroatoms. The zero-order chi connectivity index (χ0) is 20.2. The highest BCUT2D eigenvalue weighted by Gasteiger charge is 2.15. The third kappa shape index (κ3) is 4.37. The van der Waals surface area contributed by atoms with Crippen LogP contribution in [0.1, 0.15) is 27.8 Å². The summed E-state index contributed by atoms with van der Waals surface area (Å²) in [6, 6.07) is 14.6. The molecule has 2 aromatic carbocycles. The molecule has 0 unspecified atom stereocenters. The number of aromatic nitrogens is 3. The second-order valence-electron chi connectivity index (χ2n) is 6.25. The second kappa shape index (κ2) is 8.05. The van der Waals surface area contributed by atoms with Gasteiger partial charge in [-0.25, -0.2) is 9.18 Å². The van der Waals surface area contributed by atoms with Crippen LogP contribution in [0.3, 0.4) is 0 Å². The molecule has 0 aliphatic heterocycles. The minimum absolute atomic E-state index is 0.0390. The zero-order valence-corrected chi connectivity index (χ0v) is 15.5. The maximum atomic E-state index is 12.9. The molecular weight excluding hydrogens is 377 g/mol. The fourth-order valence-electron chi connectivity index (χ4n) is 2.77. The third-order valence-electron chi connectivity index (χ3n) is 4.08. The number of nitrogens with zero attached hydrogens (tertiary/aromatic N) is 3. The first kappa shape index (κ1) is 18.5. The molecule has 0 N–H and O–H groups in total. The number of hydrogen-bond acceptors (Lipinski definition) is 7. The van der Waals surface area contributed by atoms with Crippen LogP contribution in [0.15, 0.2) is 59.1 Å². The molecule has 0 saturated heterocycles. The van der Waals surface area contributed by atoms with Crippen LogP contribution >= 0.6 is 0 Å². The average molecular weight is 393 g/mol. The Morgan fingerprint density at radius 3 is 2.69 bits per heavy atom. The van der Waals surface area contributed by atoms with Crippen molar-refractivity contribution in [3.63, 3.8) is 0 Å². The summed E-state index contributed by atoms with van der Waals surface area (Å²) in [7, 11) is 0. The van der Waals surface area contributed by atoms with E-state index in [4.69, 9.17) is 14.0 Å². The molecule has 7 nitrogen and oxygen atoms in total. The number of halogens is 1. The molecule has 0 spiro atoms. The summed E-state index contributed by atoms with van der Waals surface area (Å²) < 4.78 is 28.7. The number of carbonyl (C=O) groups excluding carboxylic acids is 1. The van der Waals surface area contributed by atoms with Gasteiger partial charge in [-0.1, -0.05) is 23.4 Å². The van der Waals surface area contributed by atoms with Gasteiger partial charge >= 0.3 is 5.97 Å².